The Morgan fingerprint density at radius 1 is 1.50 bits per heavy atom. The molecule has 0 aromatic carbocycles. The topological polar surface area (TPSA) is 29.9 Å². The minimum atomic E-state index is -0.0364. The van der Waals surface area contributed by atoms with E-state index in [0.29, 0.717) is 0 Å². The van der Waals surface area contributed by atoms with E-state index < -0.39 is 0 Å². The molecule has 12 heavy (non-hydrogen) atoms. The van der Waals surface area contributed by atoms with Crippen LogP contribution in [0.15, 0.2) is 6.20 Å². The summed E-state index contributed by atoms with van der Waals surface area (Å²) in [6, 6.07) is 0. The first kappa shape index (κ1) is 9.26. The second-order valence-corrected chi connectivity index (χ2v) is 3.71. The third-order valence-corrected chi connectivity index (χ3v) is 2.23. The predicted octanol–water partition coefficient (Wildman–Crippen LogP) is 1.18. The van der Waals surface area contributed by atoms with Crippen molar-refractivity contribution < 1.29 is 0 Å². The molecule has 0 spiro atoms. The van der Waals surface area contributed by atoms with Crippen molar-refractivity contribution in [3.05, 3.63) is 17.5 Å². The average Bonchev–Trinajstić information content (AvgIpc) is 2.31. The maximum Gasteiger partial charge on any atom is 0.0848 e. The molecular formula is C9H17N3. The molecule has 0 saturated heterocycles. The van der Waals surface area contributed by atoms with Gasteiger partial charge >= 0.3 is 0 Å². The van der Waals surface area contributed by atoms with Gasteiger partial charge in [0.05, 0.1) is 11.2 Å². The maximum atomic E-state index is 4.41. The standard InChI is InChI=1S/C9H17N3/c1-7-6-12(5)11-8(7)9(2,3)10-4/h6,10H,1-5H3. The lowest BCUT2D eigenvalue weighted by Gasteiger charge is -2.22. The van der Waals surface area contributed by atoms with Crippen LogP contribution < -0.4 is 5.32 Å². The average molecular weight is 167 g/mol. The predicted molar refractivity (Wildman–Crippen MR) is 50.0 cm³/mol. The highest BCUT2D eigenvalue weighted by molar-refractivity contribution is 5.22. The number of hydrogen-bond donors (Lipinski definition) is 1. The molecule has 0 saturated carbocycles. The zero-order chi connectivity index (χ0) is 9.35. The van der Waals surface area contributed by atoms with Crippen molar-refractivity contribution >= 4 is 0 Å². The van der Waals surface area contributed by atoms with Gasteiger partial charge in [0.15, 0.2) is 0 Å². The van der Waals surface area contributed by atoms with E-state index in [9.17, 15) is 0 Å². The highest BCUT2D eigenvalue weighted by atomic mass is 15.3. The Kier molecular flexibility index (Phi) is 2.24. The van der Waals surface area contributed by atoms with Crippen LogP contribution in [0, 0.1) is 6.92 Å². The van der Waals surface area contributed by atoms with Crippen molar-refractivity contribution in [1.29, 1.82) is 0 Å². The normalized spacial score (nSPS) is 12.1. The fraction of sp³-hybridized carbons (Fsp3) is 0.667. The number of aryl methyl sites for hydroxylation is 2. The minimum absolute atomic E-state index is 0.0364. The third kappa shape index (κ3) is 1.50. The minimum Gasteiger partial charge on any atom is -0.310 e. The van der Waals surface area contributed by atoms with E-state index in [4.69, 9.17) is 0 Å². The summed E-state index contributed by atoms with van der Waals surface area (Å²) >= 11 is 0. The lowest BCUT2D eigenvalue weighted by molar-refractivity contribution is 0.424. The van der Waals surface area contributed by atoms with Gasteiger partial charge in [-0.3, -0.25) is 4.68 Å². The van der Waals surface area contributed by atoms with Crippen LogP contribution in [0.5, 0.6) is 0 Å². The fourth-order valence-electron chi connectivity index (χ4n) is 1.34. The van der Waals surface area contributed by atoms with Gasteiger partial charge in [-0.25, -0.2) is 0 Å². The molecule has 1 rings (SSSR count). The molecule has 68 valence electrons. The lowest BCUT2D eigenvalue weighted by atomic mass is 9.98. The summed E-state index contributed by atoms with van der Waals surface area (Å²) < 4.78 is 1.85. The van der Waals surface area contributed by atoms with Crippen molar-refractivity contribution in [3.63, 3.8) is 0 Å². The van der Waals surface area contributed by atoms with Crippen molar-refractivity contribution in [3.8, 4) is 0 Å². The first-order valence-corrected chi connectivity index (χ1v) is 4.17. The summed E-state index contributed by atoms with van der Waals surface area (Å²) in [5.74, 6) is 0. The highest BCUT2D eigenvalue weighted by Crippen LogP contribution is 2.20. The van der Waals surface area contributed by atoms with E-state index >= 15 is 0 Å². The Balaban J connectivity index is 3.09. The summed E-state index contributed by atoms with van der Waals surface area (Å²) in [5.41, 5.74) is 2.31. The molecule has 0 aliphatic heterocycles. The number of nitrogens with zero attached hydrogens (tertiary/aromatic N) is 2. The first-order valence-electron chi connectivity index (χ1n) is 4.17. The van der Waals surface area contributed by atoms with Crippen molar-refractivity contribution in [2.24, 2.45) is 7.05 Å². The van der Waals surface area contributed by atoms with E-state index in [1.165, 1.54) is 5.56 Å². The van der Waals surface area contributed by atoms with Gasteiger partial charge in [-0.05, 0) is 33.4 Å². The Morgan fingerprint density at radius 2 is 2.08 bits per heavy atom. The lowest BCUT2D eigenvalue weighted by Crippen LogP contribution is -2.34. The van der Waals surface area contributed by atoms with Gasteiger partial charge < -0.3 is 5.32 Å². The van der Waals surface area contributed by atoms with E-state index in [1.54, 1.807) is 0 Å². The first-order chi connectivity index (χ1) is 5.47. The zero-order valence-electron chi connectivity index (χ0n) is 8.47. The van der Waals surface area contributed by atoms with E-state index in [2.05, 4.69) is 31.2 Å². The molecular weight excluding hydrogens is 150 g/mol. The molecule has 1 aromatic heterocycles. The van der Waals surface area contributed by atoms with Gasteiger partial charge in [-0.2, -0.15) is 5.10 Å². The molecule has 0 bridgehead atoms. The molecule has 0 aliphatic rings. The maximum absolute atomic E-state index is 4.41. The number of hydrogen-bond acceptors (Lipinski definition) is 2. The molecule has 0 unspecified atom stereocenters. The van der Waals surface area contributed by atoms with Crippen LogP contribution >= 0.6 is 0 Å². The Morgan fingerprint density at radius 3 is 2.42 bits per heavy atom. The van der Waals surface area contributed by atoms with Crippen LogP contribution in [-0.4, -0.2) is 16.8 Å². The third-order valence-electron chi connectivity index (χ3n) is 2.23. The monoisotopic (exact) mass is 167 g/mol. The van der Waals surface area contributed by atoms with E-state index in [1.807, 2.05) is 25.0 Å². The van der Waals surface area contributed by atoms with Crippen LogP contribution in [0.2, 0.25) is 0 Å². The Labute approximate surface area is 73.8 Å². The van der Waals surface area contributed by atoms with Crippen molar-refractivity contribution in [1.82, 2.24) is 15.1 Å². The summed E-state index contributed by atoms with van der Waals surface area (Å²) in [6.45, 7) is 6.34. The van der Waals surface area contributed by atoms with Crippen LogP contribution in [0.1, 0.15) is 25.1 Å². The number of aromatic nitrogens is 2. The second-order valence-electron chi connectivity index (χ2n) is 3.71. The molecule has 0 amide bonds. The van der Waals surface area contributed by atoms with Gasteiger partial charge in [0, 0.05) is 13.2 Å². The molecule has 1 heterocycles. The fourth-order valence-corrected chi connectivity index (χ4v) is 1.34. The largest absolute Gasteiger partial charge is 0.310 e. The molecule has 1 aromatic rings. The summed E-state index contributed by atoms with van der Waals surface area (Å²) in [5, 5.41) is 7.64. The van der Waals surface area contributed by atoms with Gasteiger partial charge in [0.25, 0.3) is 0 Å². The number of rotatable bonds is 2. The van der Waals surface area contributed by atoms with Crippen LogP contribution in [-0.2, 0) is 12.6 Å². The second kappa shape index (κ2) is 2.90. The Hall–Kier alpha value is -0.830. The molecule has 3 nitrogen and oxygen atoms in total. The SMILES string of the molecule is CNC(C)(C)c1nn(C)cc1C. The smallest absolute Gasteiger partial charge is 0.0848 e. The molecule has 0 fully saturated rings. The van der Waals surface area contributed by atoms with Crippen LogP contribution in [0.4, 0.5) is 0 Å². The quantitative estimate of drug-likeness (QED) is 0.717. The van der Waals surface area contributed by atoms with Gasteiger partial charge in [0.2, 0.25) is 0 Å². The van der Waals surface area contributed by atoms with Gasteiger partial charge in [-0.15, -0.1) is 0 Å². The van der Waals surface area contributed by atoms with Crippen LogP contribution in [0.3, 0.4) is 0 Å². The van der Waals surface area contributed by atoms with Gasteiger partial charge in [-0.1, -0.05) is 0 Å². The van der Waals surface area contributed by atoms with Crippen LogP contribution in [0.25, 0.3) is 0 Å². The Bertz CT molecular complexity index is 273. The molecule has 0 aliphatic carbocycles. The van der Waals surface area contributed by atoms with Crippen molar-refractivity contribution in [2.45, 2.75) is 26.3 Å². The number of nitrogens with one attached hydrogen (secondary N) is 1. The molecule has 1 N–H and O–H groups in total. The zero-order valence-corrected chi connectivity index (χ0v) is 8.47. The van der Waals surface area contributed by atoms with E-state index in [0.717, 1.165) is 5.69 Å². The highest BCUT2D eigenvalue weighted by Gasteiger charge is 2.22. The molecule has 0 atom stereocenters. The molecule has 0 radical (unpaired) electrons. The summed E-state index contributed by atoms with van der Waals surface area (Å²) in [7, 11) is 3.90. The summed E-state index contributed by atoms with van der Waals surface area (Å²) in [4.78, 5) is 0. The molecule has 3 heteroatoms. The summed E-state index contributed by atoms with van der Waals surface area (Å²) in [6.07, 6.45) is 2.04. The van der Waals surface area contributed by atoms with E-state index in [-0.39, 0.29) is 5.54 Å². The van der Waals surface area contributed by atoms with Crippen molar-refractivity contribution in [2.75, 3.05) is 7.05 Å². The van der Waals surface area contributed by atoms with Gasteiger partial charge in [0.1, 0.15) is 0 Å².